The van der Waals surface area contributed by atoms with Gasteiger partial charge in [0, 0.05) is 18.7 Å². The van der Waals surface area contributed by atoms with Gasteiger partial charge in [-0.3, -0.25) is 0 Å². The number of hydrogen-bond acceptors (Lipinski definition) is 4. The van der Waals surface area contributed by atoms with Crippen LogP contribution in [0.3, 0.4) is 0 Å². The molecule has 4 nitrogen and oxygen atoms in total. The average molecular weight is 284 g/mol. The summed E-state index contributed by atoms with van der Waals surface area (Å²) in [6.07, 6.45) is 3.53. The second kappa shape index (κ2) is 7.62. The largest absolute Gasteiger partial charge is 0.370 e. The molecule has 0 unspecified atom stereocenters. The predicted octanol–water partition coefficient (Wildman–Crippen LogP) is 3.43. The third-order valence-corrected chi connectivity index (χ3v) is 3.59. The van der Waals surface area contributed by atoms with Crippen LogP contribution in [0.25, 0.3) is 0 Å². The summed E-state index contributed by atoms with van der Waals surface area (Å²) in [5.74, 6) is 1.88. The van der Waals surface area contributed by atoms with Gasteiger partial charge in [-0.1, -0.05) is 31.2 Å². The van der Waals surface area contributed by atoms with Crippen molar-refractivity contribution in [3.05, 3.63) is 47.3 Å². The van der Waals surface area contributed by atoms with Gasteiger partial charge in [0.1, 0.15) is 18.0 Å². The van der Waals surface area contributed by atoms with Crippen LogP contribution in [0.15, 0.2) is 30.6 Å². The Morgan fingerprint density at radius 3 is 2.38 bits per heavy atom. The molecule has 1 heterocycles. The molecule has 0 aliphatic heterocycles. The Morgan fingerprint density at radius 2 is 1.71 bits per heavy atom. The van der Waals surface area contributed by atoms with Gasteiger partial charge in [0.15, 0.2) is 0 Å². The molecular formula is C17H24N4. The van der Waals surface area contributed by atoms with Crippen LogP contribution in [0.2, 0.25) is 0 Å². The van der Waals surface area contributed by atoms with E-state index in [4.69, 9.17) is 0 Å². The lowest BCUT2D eigenvalue weighted by atomic mass is 10.1. The van der Waals surface area contributed by atoms with E-state index in [1.807, 2.05) is 0 Å². The molecular weight excluding hydrogens is 260 g/mol. The normalized spacial score (nSPS) is 10.4. The van der Waals surface area contributed by atoms with Crippen molar-refractivity contribution in [3.63, 3.8) is 0 Å². The molecule has 112 valence electrons. The van der Waals surface area contributed by atoms with Crippen molar-refractivity contribution in [2.75, 3.05) is 23.7 Å². The quantitative estimate of drug-likeness (QED) is 0.818. The molecule has 0 aliphatic rings. The maximum absolute atomic E-state index is 4.38. The SMILES string of the molecule is CCNc1ncnc(NCCc2ccccc2C)c1CC. The van der Waals surface area contributed by atoms with E-state index >= 15 is 0 Å². The van der Waals surface area contributed by atoms with Crippen LogP contribution >= 0.6 is 0 Å². The van der Waals surface area contributed by atoms with E-state index in [0.717, 1.165) is 43.1 Å². The monoisotopic (exact) mass is 284 g/mol. The average Bonchev–Trinajstić information content (AvgIpc) is 2.50. The van der Waals surface area contributed by atoms with Crippen molar-refractivity contribution < 1.29 is 0 Å². The first kappa shape index (κ1) is 15.3. The van der Waals surface area contributed by atoms with Gasteiger partial charge in [-0.15, -0.1) is 0 Å². The molecule has 0 spiro atoms. The standard InChI is InChI=1S/C17H24N4/c1-4-15-16(18-5-2)20-12-21-17(15)19-11-10-14-9-7-6-8-13(14)3/h6-9,12H,4-5,10-11H2,1-3H3,(H2,18,19,20,21). The number of nitrogens with one attached hydrogen (secondary N) is 2. The molecule has 0 saturated carbocycles. The van der Waals surface area contributed by atoms with E-state index in [-0.39, 0.29) is 0 Å². The fourth-order valence-corrected chi connectivity index (χ4v) is 2.43. The molecule has 0 aliphatic carbocycles. The Labute approximate surface area is 127 Å². The van der Waals surface area contributed by atoms with Crippen molar-refractivity contribution in [3.8, 4) is 0 Å². The fraction of sp³-hybridized carbons (Fsp3) is 0.412. The molecule has 4 heteroatoms. The molecule has 0 fully saturated rings. The second-order valence-corrected chi connectivity index (χ2v) is 5.04. The smallest absolute Gasteiger partial charge is 0.134 e. The van der Waals surface area contributed by atoms with Gasteiger partial charge >= 0.3 is 0 Å². The highest BCUT2D eigenvalue weighted by Gasteiger charge is 2.08. The summed E-state index contributed by atoms with van der Waals surface area (Å²) < 4.78 is 0. The summed E-state index contributed by atoms with van der Waals surface area (Å²) >= 11 is 0. The zero-order valence-corrected chi connectivity index (χ0v) is 13.1. The van der Waals surface area contributed by atoms with Crippen molar-refractivity contribution in [1.29, 1.82) is 0 Å². The number of benzene rings is 1. The molecule has 2 N–H and O–H groups in total. The first-order valence-electron chi connectivity index (χ1n) is 7.62. The summed E-state index contributed by atoms with van der Waals surface area (Å²) in [6.45, 7) is 8.10. The second-order valence-electron chi connectivity index (χ2n) is 5.04. The third kappa shape index (κ3) is 3.94. The summed E-state index contributed by atoms with van der Waals surface area (Å²) in [4.78, 5) is 8.70. The summed E-state index contributed by atoms with van der Waals surface area (Å²) in [7, 11) is 0. The minimum atomic E-state index is 0.868. The van der Waals surface area contributed by atoms with Crippen LogP contribution in [0.1, 0.15) is 30.5 Å². The Balaban J connectivity index is 2.03. The molecule has 0 amide bonds. The Hall–Kier alpha value is -2.10. The van der Waals surface area contributed by atoms with E-state index < -0.39 is 0 Å². The van der Waals surface area contributed by atoms with Crippen molar-refractivity contribution in [2.24, 2.45) is 0 Å². The number of aromatic nitrogens is 2. The first-order valence-corrected chi connectivity index (χ1v) is 7.62. The number of aryl methyl sites for hydroxylation is 1. The lowest BCUT2D eigenvalue weighted by Crippen LogP contribution is -2.12. The molecule has 21 heavy (non-hydrogen) atoms. The van der Waals surface area contributed by atoms with Crippen molar-refractivity contribution in [2.45, 2.75) is 33.6 Å². The van der Waals surface area contributed by atoms with Gasteiger partial charge in [0.05, 0.1) is 0 Å². The molecule has 2 rings (SSSR count). The van der Waals surface area contributed by atoms with E-state index in [0.29, 0.717) is 0 Å². The third-order valence-electron chi connectivity index (χ3n) is 3.59. The van der Waals surface area contributed by atoms with Crippen LogP contribution in [-0.4, -0.2) is 23.1 Å². The molecule has 1 aromatic heterocycles. The van der Waals surface area contributed by atoms with E-state index in [9.17, 15) is 0 Å². The maximum Gasteiger partial charge on any atom is 0.134 e. The van der Waals surface area contributed by atoms with Crippen LogP contribution in [0.5, 0.6) is 0 Å². The summed E-state index contributed by atoms with van der Waals surface area (Å²) in [6, 6.07) is 8.50. The van der Waals surface area contributed by atoms with Crippen LogP contribution in [0, 0.1) is 6.92 Å². The Kier molecular flexibility index (Phi) is 5.55. The minimum Gasteiger partial charge on any atom is -0.370 e. The predicted molar refractivity (Wildman–Crippen MR) is 88.9 cm³/mol. The molecule has 0 radical (unpaired) electrons. The molecule has 0 saturated heterocycles. The van der Waals surface area contributed by atoms with Gasteiger partial charge in [0.25, 0.3) is 0 Å². The highest BCUT2D eigenvalue weighted by molar-refractivity contribution is 5.57. The molecule has 0 bridgehead atoms. The van der Waals surface area contributed by atoms with Gasteiger partial charge in [0.2, 0.25) is 0 Å². The van der Waals surface area contributed by atoms with Crippen LogP contribution < -0.4 is 10.6 Å². The fourth-order valence-electron chi connectivity index (χ4n) is 2.43. The Morgan fingerprint density at radius 1 is 1.00 bits per heavy atom. The van der Waals surface area contributed by atoms with Gasteiger partial charge < -0.3 is 10.6 Å². The van der Waals surface area contributed by atoms with Gasteiger partial charge in [-0.2, -0.15) is 0 Å². The lowest BCUT2D eigenvalue weighted by Gasteiger charge is -2.14. The highest BCUT2D eigenvalue weighted by Crippen LogP contribution is 2.20. The zero-order valence-electron chi connectivity index (χ0n) is 13.1. The minimum absolute atomic E-state index is 0.868. The molecule has 2 aromatic rings. The Bertz CT molecular complexity index is 581. The van der Waals surface area contributed by atoms with E-state index in [1.165, 1.54) is 11.1 Å². The zero-order chi connectivity index (χ0) is 15.1. The van der Waals surface area contributed by atoms with Crippen LogP contribution in [0.4, 0.5) is 11.6 Å². The number of rotatable bonds is 7. The number of anilines is 2. The molecule has 0 atom stereocenters. The number of hydrogen-bond donors (Lipinski definition) is 2. The maximum atomic E-state index is 4.38. The lowest BCUT2D eigenvalue weighted by molar-refractivity contribution is 0.963. The summed E-state index contributed by atoms with van der Waals surface area (Å²) in [5, 5.41) is 6.74. The van der Waals surface area contributed by atoms with E-state index in [1.54, 1.807) is 6.33 Å². The summed E-state index contributed by atoms with van der Waals surface area (Å²) in [5.41, 5.74) is 3.87. The van der Waals surface area contributed by atoms with Gasteiger partial charge in [-0.25, -0.2) is 9.97 Å². The van der Waals surface area contributed by atoms with Crippen molar-refractivity contribution in [1.82, 2.24) is 9.97 Å². The van der Waals surface area contributed by atoms with Crippen LogP contribution in [-0.2, 0) is 12.8 Å². The first-order chi connectivity index (χ1) is 10.3. The number of nitrogens with zero attached hydrogens (tertiary/aromatic N) is 2. The topological polar surface area (TPSA) is 49.8 Å². The van der Waals surface area contributed by atoms with Crippen molar-refractivity contribution >= 4 is 11.6 Å². The highest BCUT2D eigenvalue weighted by atomic mass is 15.1. The molecule has 1 aromatic carbocycles. The van der Waals surface area contributed by atoms with E-state index in [2.05, 4.69) is 65.6 Å². The van der Waals surface area contributed by atoms with Gasteiger partial charge in [-0.05, 0) is 37.8 Å².